The van der Waals surface area contributed by atoms with Crippen molar-refractivity contribution in [2.24, 2.45) is 11.7 Å². The lowest BCUT2D eigenvalue weighted by Crippen LogP contribution is -2.47. The highest BCUT2D eigenvalue weighted by molar-refractivity contribution is 5.64. The van der Waals surface area contributed by atoms with Crippen molar-refractivity contribution in [2.75, 3.05) is 19.6 Å². The summed E-state index contributed by atoms with van der Waals surface area (Å²) in [6.07, 6.45) is 3.83. The maximum atomic E-state index is 5.95. The van der Waals surface area contributed by atoms with E-state index in [4.69, 9.17) is 5.73 Å². The molecule has 2 unspecified atom stereocenters. The zero-order valence-electron chi connectivity index (χ0n) is 12.0. The van der Waals surface area contributed by atoms with Gasteiger partial charge in [0.1, 0.15) is 0 Å². The quantitative estimate of drug-likeness (QED) is 0.879. The third-order valence-corrected chi connectivity index (χ3v) is 4.37. The molecule has 0 aliphatic carbocycles. The molecule has 0 spiro atoms. The van der Waals surface area contributed by atoms with Gasteiger partial charge < -0.3 is 5.73 Å². The van der Waals surface area contributed by atoms with Crippen LogP contribution in [-0.4, -0.2) is 30.6 Å². The van der Waals surface area contributed by atoms with Gasteiger partial charge in [-0.25, -0.2) is 0 Å². The number of rotatable bonds is 5. The molecular weight excluding hydrogens is 232 g/mol. The van der Waals surface area contributed by atoms with Crippen molar-refractivity contribution in [1.82, 2.24) is 4.90 Å². The van der Waals surface area contributed by atoms with E-state index in [2.05, 4.69) is 42.7 Å². The minimum atomic E-state index is 0.527. The molecule has 0 bridgehead atoms. The second-order valence-corrected chi connectivity index (χ2v) is 5.63. The van der Waals surface area contributed by atoms with E-state index in [0.29, 0.717) is 6.04 Å². The van der Waals surface area contributed by atoms with Gasteiger partial charge in [-0.05, 0) is 36.4 Å². The smallest absolute Gasteiger partial charge is 0.0237 e. The third-order valence-electron chi connectivity index (χ3n) is 4.37. The van der Waals surface area contributed by atoms with Crippen molar-refractivity contribution in [1.29, 1.82) is 0 Å². The number of hydrogen-bond donors (Lipinski definition) is 1. The molecule has 1 aliphatic rings. The van der Waals surface area contributed by atoms with Crippen LogP contribution in [0.3, 0.4) is 0 Å². The van der Waals surface area contributed by atoms with E-state index in [1.54, 1.807) is 0 Å². The summed E-state index contributed by atoms with van der Waals surface area (Å²) in [5.74, 6) is 0.856. The van der Waals surface area contributed by atoms with Crippen LogP contribution in [0.1, 0.15) is 31.7 Å². The lowest BCUT2D eigenvalue weighted by atomic mass is 9.88. The molecule has 1 aromatic carbocycles. The molecule has 0 radical (unpaired) electrons. The number of hydrogen-bond acceptors (Lipinski definition) is 2. The Bertz CT molecular complexity index is 399. The molecule has 2 N–H and O–H groups in total. The molecular formula is C17H26N2. The van der Waals surface area contributed by atoms with Crippen LogP contribution in [0.15, 0.2) is 36.9 Å². The maximum absolute atomic E-state index is 5.95. The number of nitrogens with two attached hydrogens (primary N) is 1. The second kappa shape index (κ2) is 6.88. The molecule has 1 fully saturated rings. The van der Waals surface area contributed by atoms with Gasteiger partial charge in [0.2, 0.25) is 0 Å². The van der Waals surface area contributed by atoms with Gasteiger partial charge >= 0.3 is 0 Å². The molecule has 1 aliphatic heterocycles. The highest BCUT2D eigenvalue weighted by atomic mass is 15.2. The van der Waals surface area contributed by atoms with Gasteiger partial charge in [-0.3, -0.25) is 4.90 Å². The standard InChI is InChI=1S/C17H26N2/c1-3-15-9-10-19(17(11-15)12-18)13-14(2)16-7-5-4-6-8-16/h4-8,15,17H,2-3,9-13,18H2,1H3. The largest absolute Gasteiger partial charge is 0.329 e. The second-order valence-electron chi connectivity index (χ2n) is 5.63. The summed E-state index contributed by atoms with van der Waals surface area (Å²) in [6.45, 7) is 9.40. The van der Waals surface area contributed by atoms with Crippen molar-refractivity contribution in [2.45, 2.75) is 32.2 Å². The molecule has 2 rings (SSSR count). The first-order chi connectivity index (χ1) is 9.24. The summed E-state index contributed by atoms with van der Waals surface area (Å²) in [4.78, 5) is 2.52. The Morgan fingerprint density at radius 1 is 1.37 bits per heavy atom. The summed E-state index contributed by atoms with van der Waals surface area (Å²) in [5, 5.41) is 0. The van der Waals surface area contributed by atoms with E-state index in [1.165, 1.54) is 30.4 Å². The first kappa shape index (κ1) is 14.3. The van der Waals surface area contributed by atoms with Crippen molar-refractivity contribution in [3.05, 3.63) is 42.5 Å². The van der Waals surface area contributed by atoms with Gasteiger partial charge in [0, 0.05) is 19.1 Å². The van der Waals surface area contributed by atoms with Gasteiger partial charge in [0.15, 0.2) is 0 Å². The van der Waals surface area contributed by atoms with Crippen molar-refractivity contribution < 1.29 is 0 Å². The Morgan fingerprint density at radius 3 is 2.74 bits per heavy atom. The SMILES string of the molecule is C=C(CN1CCC(CC)CC1CN)c1ccccc1. The van der Waals surface area contributed by atoms with Gasteiger partial charge in [-0.1, -0.05) is 50.3 Å². The van der Waals surface area contributed by atoms with E-state index < -0.39 is 0 Å². The number of likely N-dealkylation sites (tertiary alicyclic amines) is 1. The molecule has 0 aromatic heterocycles. The molecule has 1 saturated heterocycles. The molecule has 0 amide bonds. The lowest BCUT2D eigenvalue weighted by molar-refractivity contribution is 0.130. The Hall–Kier alpha value is -1.12. The molecule has 19 heavy (non-hydrogen) atoms. The highest BCUT2D eigenvalue weighted by Crippen LogP contribution is 2.26. The van der Waals surface area contributed by atoms with Gasteiger partial charge in [0.25, 0.3) is 0 Å². The summed E-state index contributed by atoms with van der Waals surface area (Å²) in [7, 11) is 0. The molecule has 1 heterocycles. The fourth-order valence-electron chi connectivity index (χ4n) is 3.02. The van der Waals surface area contributed by atoms with E-state index in [1.807, 2.05) is 6.07 Å². The monoisotopic (exact) mass is 258 g/mol. The zero-order valence-corrected chi connectivity index (χ0v) is 12.0. The summed E-state index contributed by atoms with van der Waals surface area (Å²) in [5.41, 5.74) is 8.40. The predicted molar refractivity (Wildman–Crippen MR) is 82.9 cm³/mol. The number of piperidine rings is 1. The Morgan fingerprint density at radius 2 is 2.11 bits per heavy atom. The van der Waals surface area contributed by atoms with Crippen LogP contribution >= 0.6 is 0 Å². The van der Waals surface area contributed by atoms with Crippen molar-refractivity contribution in [3.63, 3.8) is 0 Å². The average Bonchev–Trinajstić information content (AvgIpc) is 2.48. The molecule has 2 heteroatoms. The Kier molecular flexibility index (Phi) is 5.17. The Labute approximate surface area is 117 Å². The highest BCUT2D eigenvalue weighted by Gasteiger charge is 2.26. The molecule has 2 nitrogen and oxygen atoms in total. The third kappa shape index (κ3) is 3.68. The summed E-state index contributed by atoms with van der Waals surface area (Å²) in [6, 6.07) is 11.0. The number of benzene rings is 1. The zero-order chi connectivity index (χ0) is 13.7. The van der Waals surface area contributed by atoms with E-state index in [0.717, 1.165) is 25.6 Å². The van der Waals surface area contributed by atoms with E-state index in [-0.39, 0.29) is 0 Å². The number of nitrogens with zero attached hydrogens (tertiary/aromatic N) is 1. The van der Waals surface area contributed by atoms with Crippen LogP contribution < -0.4 is 5.73 Å². The summed E-state index contributed by atoms with van der Waals surface area (Å²) < 4.78 is 0. The minimum Gasteiger partial charge on any atom is -0.329 e. The van der Waals surface area contributed by atoms with Gasteiger partial charge in [-0.2, -0.15) is 0 Å². The van der Waals surface area contributed by atoms with Gasteiger partial charge in [-0.15, -0.1) is 0 Å². The topological polar surface area (TPSA) is 29.3 Å². The molecule has 104 valence electrons. The average molecular weight is 258 g/mol. The Balaban J connectivity index is 1.96. The first-order valence-electron chi connectivity index (χ1n) is 7.42. The fraction of sp³-hybridized carbons (Fsp3) is 0.529. The summed E-state index contributed by atoms with van der Waals surface area (Å²) >= 11 is 0. The van der Waals surface area contributed by atoms with E-state index >= 15 is 0 Å². The predicted octanol–water partition coefficient (Wildman–Crippen LogP) is 3.15. The van der Waals surface area contributed by atoms with Crippen LogP contribution in [0.5, 0.6) is 0 Å². The van der Waals surface area contributed by atoms with Crippen molar-refractivity contribution in [3.8, 4) is 0 Å². The van der Waals surface area contributed by atoms with Crippen LogP contribution in [0.25, 0.3) is 5.57 Å². The van der Waals surface area contributed by atoms with Crippen LogP contribution in [0, 0.1) is 5.92 Å². The molecule has 1 aromatic rings. The lowest BCUT2D eigenvalue weighted by Gasteiger charge is -2.39. The van der Waals surface area contributed by atoms with Crippen LogP contribution in [-0.2, 0) is 0 Å². The van der Waals surface area contributed by atoms with Gasteiger partial charge in [0.05, 0.1) is 0 Å². The normalized spacial score (nSPS) is 24.3. The molecule has 0 saturated carbocycles. The van der Waals surface area contributed by atoms with E-state index in [9.17, 15) is 0 Å². The fourth-order valence-corrected chi connectivity index (χ4v) is 3.02. The van der Waals surface area contributed by atoms with Crippen LogP contribution in [0.2, 0.25) is 0 Å². The van der Waals surface area contributed by atoms with Crippen LogP contribution in [0.4, 0.5) is 0 Å². The maximum Gasteiger partial charge on any atom is 0.0237 e. The van der Waals surface area contributed by atoms with Crippen molar-refractivity contribution >= 4 is 5.57 Å². The minimum absolute atomic E-state index is 0.527. The molecule has 2 atom stereocenters. The first-order valence-corrected chi connectivity index (χ1v) is 7.42.